The molecule has 1 aromatic rings. The smallest absolute Gasteiger partial charge is 0.127 e. The molecule has 0 aliphatic rings. The van der Waals surface area contributed by atoms with E-state index in [0.29, 0.717) is 17.1 Å². The summed E-state index contributed by atoms with van der Waals surface area (Å²) in [7, 11) is -0.851. The molecule has 1 rings (SSSR count). The van der Waals surface area contributed by atoms with Crippen molar-refractivity contribution in [1.82, 2.24) is 0 Å². The van der Waals surface area contributed by atoms with Crippen LogP contribution in [0.25, 0.3) is 0 Å². The summed E-state index contributed by atoms with van der Waals surface area (Å²) in [5, 5.41) is 0. The first kappa shape index (κ1) is 13.3. The summed E-state index contributed by atoms with van der Waals surface area (Å²) in [5.74, 6) is 0.921. The zero-order valence-electron chi connectivity index (χ0n) is 9.54. The van der Waals surface area contributed by atoms with Crippen LogP contribution in [-0.2, 0) is 23.1 Å². The standard InChI is InChI=1S/C12H18FNOS/c1-2-3-6-16(15)9-10-4-5-12(13)11(7-10)8-14/h4-5,7H,2-3,6,8-9,14H2,1H3. The van der Waals surface area contributed by atoms with Gasteiger partial charge in [-0.3, -0.25) is 4.21 Å². The van der Waals surface area contributed by atoms with Gasteiger partial charge >= 0.3 is 0 Å². The number of halogens is 1. The molecule has 90 valence electrons. The van der Waals surface area contributed by atoms with Crippen LogP contribution in [0, 0.1) is 5.82 Å². The van der Waals surface area contributed by atoms with Gasteiger partial charge in [-0.2, -0.15) is 0 Å². The molecule has 1 atom stereocenters. The summed E-state index contributed by atoms with van der Waals surface area (Å²) >= 11 is 0. The van der Waals surface area contributed by atoms with E-state index in [1.165, 1.54) is 6.07 Å². The van der Waals surface area contributed by atoms with E-state index >= 15 is 0 Å². The minimum atomic E-state index is -0.851. The molecule has 2 nitrogen and oxygen atoms in total. The lowest BCUT2D eigenvalue weighted by molar-refractivity contribution is 0.610. The molecular formula is C12H18FNOS. The number of benzene rings is 1. The molecule has 1 unspecified atom stereocenters. The highest BCUT2D eigenvalue weighted by molar-refractivity contribution is 7.84. The fourth-order valence-corrected chi connectivity index (χ4v) is 2.74. The lowest BCUT2D eigenvalue weighted by Gasteiger charge is -2.05. The molecule has 0 heterocycles. The van der Waals surface area contributed by atoms with Crippen LogP contribution in [0.1, 0.15) is 30.9 Å². The highest BCUT2D eigenvalue weighted by Crippen LogP contribution is 2.12. The van der Waals surface area contributed by atoms with E-state index < -0.39 is 10.8 Å². The summed E-state index contributed by atoms with van der Waals surface area (Å²) in [6, 6.07) is 4.78. The number of rotatable bonds is 6. The zero-order chi connectivity index (χ0) is 12.0. The maximum atomic E-state index is 13.2. The Kier molecular flexibility index (Phi) is 5.63. The normalized spacial score (nSPS) is 12.7. The van der Waals surface area contributed by atoms with Crippen molar-refractivity contribution in [2.75, 3.05) is 5.75 Å². The monoisotopic (exact) mass is 243 g/mol. The Morgan fingerprint density at radius 2 is 2.19 bits per heavy atom. The molecule has 0 bridgehead atoms. The van der Waals surface area contributed by atoms with Crippen LogP contribution in [0.15, 0.2) is 18.2 Å². The Hall–Kier alpha value is -0.740. The molecule has 16 heavy (non-hydrogen) atoms. The SMILES string of the molecule is CCCCS(=O)Cc1ccc(F)c(CN)c1. The molecule has 0 aromatic heterocycles. The van der Waals surface area contributed by atoms with Crippen molar-refractivity contribution < 1.29 is 8.60 Å². The van der Waals surface area contributed by atoms with Crippen LogP contribution in [0.5, 0.6) is 0 Å². The Morgan fingerprint density at radius 1 is 1.44 bits per heavy atom. The van der Waals surface area contributed by atoms with Gasteiger partial charge in [-0.15, -0.1) is 0 Å². The first-order valence-corrected chi connectivity index (χ1v) is 6.98. The van der Waals surface area contributed by atoms with E-state index in [-0.39, 0.29) is 12.4 Å². The van der Waals surface area contributed by atoms with Gasteiger partial charge in [0.15, 0.2) is 0 Å². The Labute approximate surface area is 98.5 Å². The van der Waals surface area contributed by atoms with Gasteiger partial charge < -0.3 is 5.73 Å². The van der Waals surface area contributed by atoms with Gasteiger partial charge in [-0.05, 0) is 18.1 Å². The maximum absolute atomic E-state index is 13.2. The second kappa shape index (κ2) is 6.76. The van der Waals surface area contributed by atoms with Crippen LogP contribution in [-0.4, -0.2) is 9.96 Å². The summed E-state index contributed by atoms with van der Waals surface area (Å²) < 4.78 is 24.8. The van der Waals surface area contributed by atoms with Gasteiger partial charge in [0.2, 0.25) is 0 Å². The average Bonchev–Trinajstić information content (AvgIpc) is 2.29. The molecule has 0 spiro atoms. The predicted molar refractivity (Wildman–Crippen MR) is 65.9 cm³/mol. The Bertz CT molecular complexity index is 368. The van der Waals surface area contributed by atoms with Crippen molar-refractivity contribution >= 4 is 10.8 Å². The molecule has 0 fully saturated rings. The first-order chi connectivity index (χ1) is 7.67. The largest absolute Gasteiger partial charge is 0.326 e. The Morgan fingerprint density at radius 3 is 2.81 bits per heavy atom. The molecule has 0 amide bonds. The van der Waals surface area contributed by atoms with Gasteiger partial charge in [-0.1, -0.05) is 25.5 Å². The van der Waals surface area contributed by atoms with Crippen molar-refractivity contribution in [2.45, 2.75) is 32.1 Å². The fraction of sp³-hybridized carbons (Fsp3) is 0.500. The summed E-state index contributed by atoms with van der Waals surface area (Å²) in [4.78, 5) is 0. The van der Waals surface area contributed by atoms with Crippen molar-refractivity contribution in [3.8, 4) is 0 Å². The van der Waals surface area contributed by atoms with Crippen LogP contribution in [0.2, 0.25) is 0 Å². The van der Waals surface area contributed by atoms with Crippen LogP contribution in [0.3, 0.4) is 0 Å². The number of hydrogen-bond acceptors (Lipinski definition) is 2. The van der Waals surface area contributed by atoms with E-state index in [2.05, 4.69) is 6.92 Å². The summed E-state index contributed by atoms with van der Waals surface area (Å²) in [5.41, 5.74) is 6.80. The minimum absolute atomic E-state index is 0.182. The Balaban J connectivity index is 2.63. The van der Waals surface area contributed by atoms with E-state index in [9.17, 15) is 8.60 Å². The molecule has 4 heteroatoms. The topological polar surface area (TPSA) is 43.1 Å². The van der Waals surface area contributed by atoms with Crippen LogP contribution in [0.4, 0.5) is 4.39 Å². The minimum Gasteiger partial charge on any atom is -0.326 e. The van der Waals surface area contributed by atoms with E-state index in [0.717, 1.165) is 18.4 Å². The quantitative estimate of drug-likeness (QED) is 0.833. The van der Waals surface area contributed by atoms with Gasteiger partial charge in [0, 0.05) is 34.4 Å². The zero-order valence-corrected chi connectivity index (χ0v) is 10.4. The molecule has 0 aliphatic carbocycles. The van der Waals surface area contributed by atoms with Crippen molar-refractivity contribution in [1.29, 1.82) is 0 Å². The van der Waals surface area contributed by atoms with Crippen LogP contribution >= 0.6 is 0 Å². The molecular weight excluding hydrogens is 225 g/mol. The first-order valence-electron chi connectivity index (χ1n) is 5.49. The van der Waals surface area contributed by atoms with Crippen molar-refractivity contribution in [3.05, 3.63) is 35.1 Å². The number of nitrogens with two attached hydrogens (primary N) is 1. The van der Waals surface area contributed by atoms with Crippen molar-refractivity contribution in [3.63, 3.8) is 0 Å². The van der Waals surface area contributed by atoms with Crippen molar-refractivity contribution in [2.24, 2.45) is 5.73 Å². The molecule has 0 saturated carbocycles. The summed E-state index contributed by atoms with van der Waals surface area (Å²) in [6.45, 7) is 2.25. The van der Waals surface area contributed by atoms with E-state index in [1.54, 1.807) is 12.1 Å². The van der Waals surface area contributed by atoms with Gasteiger partial charge in [0.1, 0.15) is 5.82 Å². The van der Waals surface area contributed by atoms with E-state index in [4.69, 9.17) is 5.73 Å². The number of hydrogen-bond donors (Lipinski definition) is 1. The molecule has 0 radical (unpaired) electrons. The van der Waals surface area contributed by atoms with Crippen LogP contribution < -0.4 is 5.73 Å². The molecule has 0 saturated heterocycles. The molecule has 1 aromatic carbocycles. The lowest BCUT2D eigenvalue weighted by atomic mass is 10.1. The molecule has 2 N–H and O–H groups in total. The van der Waals surface area contributed by atoms with Gasteiger partial charge in [0.05, 0.1) is 0 Å². The third-order valence-electron chi connectivity index (χ3n) is 2.38. The fourth-order valence-electron chi connectivity index (χ4n) is 1.44. The second-order valence-electron chi connectivity index (χ2n) is 3.77. The average molecular weight is 243 g/mol. The molecule has 0 aliphatic heterocycles. The van der Waals surface area contributed by atoms with Gasteiger partial charge in [0.25, 0.3) is 0 Å². The van der Waals surface area contributed by atoms with E-state index in [1.807, 2.05) is 0 Å². The summed E-state index contributed by atoms with van der Waals surface area (Å²) in [6.07, 6.45) is 2.01. The highest BCUT2D eigenvalue weighted by atomic mass is 32.2. The van der Waals surface area contributed by atoms with Gasteiger partial charge in [-0.25, -0.2) is 4.39 Å². The number of unbranched alkanes of at least 4 members (excludes halogenated alkanes) is 1. The predicted octanol–water partition coefficient (Wildman–Crippen LogP) is 2.33. The maximum Gasteiger partial charge on any atom is 0.127 e. The second-order valence-corrected chi connectivity index (χ2v) is 5.35. The third kappa shape index (κ3) is 4.02. The highest BCUT2D eigenvalue weighted by Gasteiger charge is 2.05. The third-order valence-corrected chi connectivity index (χ3v) is 3.78. The lowest BCUT2D eigenvalue weighted by Crippen LogP contribution is -2.04.